The molecule has 2 N–H and O–H groups in total. The fourth-order valence-corrected chi connectivity index (χ4v) is 1.47. The van der Waals surface area contributed by atoms with Crippen LogP contribution in [0.25, 0.3) is 0 Å². The zero-order chi connectivity index (χ0) is 13.6. The molecule has 18 heavy (non-hydrogen) atoms. The minimum absolute atomic E-state index is 0.106. The Morgan fingerprint density at radius 2 is 2.00 bits per heavy atom. The normalized spacial score (nSPS) is 11.1. The molecule has 1 aromatic carbocycles. The van der Waals surface area contributed by atoms with Crippen molar-refractivity contribution >= 4 is 6.09 Å². The van der Waals surface area contributed by atoms with Gasteiger partial charge in [0.05, 0.1) is 13.2 Å². The maximum Gasteiger partial charge on any atom is 0.404 e. The largest absolute Gasteiger partial charge is 0.493 e. The second-order valence-corrected chi connectivity index (χ2v) is 5.15. The van der Waals surface area contributed by atoms with Gasteiger partial charge in [0.15, 0.2) is 0 Å². The molecule has 1 amide bonds. The van der Waals surface area contributed by atoms with Gasteiger partial charge in [-0.1, -0.05) is 32.9 Å². The van der Waals surface area contributed by atoms with E-state index in [-0.39, 0.29) is 12.0 Å². The molecule has 0 heterocycles. The molecule has 100 valence electrons. The first kappa shape index (κ1) is 14.4. The third kappa shape index (κ3) is 5.08. The molecular formula is C14H21NO3. The number of benzene rings is 1. The number of rotatable bonds is 5. The molecule has 0 unspecified atom stereocenters. The number of ether oxygens (including phenoxy) is 2. The van der Waals surface area contributed by atoms with Crippen LogP contribution in [0.15, 0.2) is 24.3 Å². The van der Waals surface area contributed by atoms with Crippen LogP contribution >= 0.6 is 0 Å². The Labute approximate surface area is 108 Å². The molecule has 0 aliphatic heterocycles. The molecule has 0 radical (unpaired) electrons. The Bertz CT molecular complexity index is 396. The summed E-state index contributed by atoms with van der Waals surface area (Å²) in [4.78, 5) is 10.3. The summed E-state index contributed by atoms with van der Waals surface area (Å²) >= 11 is 0. The monoisotopic (exact) mass is 251 g/mol. The topological polar surface area (TPSA) is 61.6 Å². The van der Waals surface area contributed by atoms with Gasteiger partial charge < -0.3 is 15.2 Å². The van der Waals surface area contributed by atoms with E-state index >= 15 is 0 Å². The van der Waals surface area contributed by atoms with Gasteiger partial charge >= 0.3 is 6.09 Å². The van der Waals surface area contributed by atoms with Gasteiger partial charge in [-0.3, -0.25) is 0 Å². The number of hydrogen-bond acceptors (Lipinski definition) is 3. The van der Waals surface area contributed by atoms with Crippen LogP contribution in [0.1, 0.15) is 32.8 Å². The highest BCUT2D eigenvalue weighted by Crippen LogP contribution is 2.25. The Balaban J connectivity index is 2.41. The highest BCUT2D eigenvalue weighted by atomic mass is 16.5. The van der Waals surface area contributed by atoms with E-state index in [2.05, 4.69) is 31.6 Å². The number of carbonyl (C=O) groups is 1. The van der Waals surface area contributed by atoms with E-state index in [1.165, 1.54) is 5.56 Å². The summed E-state index contributed by atoms with van der Waals surface area (Å²) in [5.41, 5.74) is 6.19. The summed E-state index contributed by atoms with van der Waals surface area (Å²) in [5.74, 6) is 0.835. The maximum absolute atomic E-state index is 10.3. The molecule has 0 atom stereocenters. The van der Waals surface area contributed by atoms with Crippen molar-refractivity contribution in [2.24, 2.45) is 5.73 Å². The standard InChI is InChI=1S/C14H21NO3/c1-14(2,3)11-6-4-7-12(10-11)17-8-5-9-18-13(15)16/h4,6-7,10H,5,8-9H2,1-3H3,(H2,15,16). The predicted molar refractivity (Wildman–Crippen MR) is 70.8 cm³/mol. The molecule has 0 aliphatic rings. The Morgan fingerprint density at radius 3 is 2.61 bits per heavy atom. The summed E-state index contributed by atoms with van der Waals surface area (Å²) in [5, 5.41) is 0. The number of primary amides is 1. The van der Waals surface area contributed by atoms with Crippen molar-refractivity contribution in [3.8, 4) is 5.75 Å². The van der Waals surface area contributed by atoms with Crippen molar-refractivity contribution in [2.45, 2.75) is 32.6 Å². The maximum atomic E-state index is 10.3. The second kappa shape index (κ2) is 6.28. The molecule has 0 saturated heterocycles. The zero-order valence-electron chi connectivity index (χ0n) is 11.2. The molecule has 1 aromatic rings. The van der Waals surface area contributed by atoms with Crippen molar-refractivity contribution in [2.75, 3.05) is 13.2 Å². The molecule has 0 spiro atoms. The van der Waals surface area contributed by atoms with E-state index in [1.807, 2.05) is 18.2 Å². The highest BCUT2D eigenvalue weighted by Gasteiger charge is 2.13. The zero-order valence-corrected chi connectivity index (χ0v) is 11.2. The molecule has 0 fully saturated rings. The van der Waals surface area contributed by atoms with E-state index in [0.29, 0.717) is 13.0 Å². The van der Waals surface area contributed by atoms with Crippen LogP contribution in [0.2, 0.25) is 0 Å². The molecule has 0 aromatic heterocycles. The first-order chi connectivity index (χ1) is 8.39. The van der Waals surface area contributed by atoms with Gasteiger partial charge in [0.25, 0.3) is 0 Å². The Kier molecular flexibility index (Phi) is 5.01. The molecule has 0 aliphatic carbocycles. The third-order valence-electron chi connectivity index (χ3n) is 2.50. The van der Waals surface area contributed by atoms with Gasteiger partial charge in [-0.2, -0.15) is 0 Å². The first-order valence-electron chi connectivity index (χ1n) is 6.05. The third-order valence-corrected chi connectivity index (χ3v) is 2.50. The highest BCUT2D eigenvalue weighted by molar-refractivity contribution is 5.64. The lowest BCUT2D eigenvalue weighted by atomic mass is 9.87. The minimum atomic E-state index is -0.746. The van der Waals surface area contributed by atoms with Gasteiger partial charge in [-0.15, -0.1) is 0 Å². The van der Waals surface area contributed by atoms with Crippen LogP contribution in [-0.2, 0) is 10.2 Å². The van der Waals surface area contributed by atoms with Crippen molar-refractivity contribution in [1.29, 1.82) is 0 Å². The average Bonchev–Trinajstić information content (AvgIpc) is 2.27. The average molecular weight is 251 g/mol. The van der Waals surface area contributed by atoms with Crippen LogP contribution < -0.4 is 10.5 Å². The van der Waals surface area contributed by atoms with Gasteiger partial charge in [0.2, 0.25) is 0 Å². The van der Waals surface area contributed by atoms with E-state index in [9.17, 15) is 4.79 Å². The van der Waals surface area contributed by atoms with Crippen LogP contribution in [0.4, 0.5) is 4.79 Å². The molecule has 1 rings (SSSR count). The summed E-state index contributed by atoms with van der Waals surface area (Å²) in [7, 11) is 0. The molecule has 0 bridgehead atoms. The van der Waals surface area contributed by atoms with E-state index in [4.69, 9.17) is 10.5 Å². The lowest BCUT2D eigenvalue weighted by Crippen LogP contribution is -2.15. The Hall–Kier alpha value is -1.71. The van der Waals surface area contributed by atoms with Crippen LogP contribution in [0, 0.1) is 0 Å². The summed E-state index contributed by atoms with van der Waals surface area (Å²) in [6.07, 6.45) is -0.118. The summed E-state index contributed by atoms with van der Waals surface area (Å²) < 4.78 is 10.2. The number of amides is 1. The lowest BCUT2D eigenvalue weighted by Gasteiger charge is -2.19. The smallest absolute Gasteiger partial charge is 0.404 e. The summed E-state index contributed by atoms with van der Waals surface area (Å²) in [6, 6.07) is 8.03. The van der Waals surface area contributed by atoms with Gasteiger partial charge in [-0.05, 0) is 23.1 Å². The van der Waals surface area contributed by atoms with Gasteiger partial charge in [0, 0.05) is 6.42 Å². The number of nitrogens with two attached hydrogens (primary N) is 1. The Morgan fingerprint density at radius 1 is 1.28 bits per heavy atom. The van der Waals surface area contributed by atoms with Crippen LogP contribution in [0.3, 0.4) is 0 Å². The van der Waals surface area contributed by atoms with E-state index in [1.54, 1.807) is 0 Å². The van der Waals surface area contributed by atoms with Crippen molar-refractivity contribution in [3.05, 3.63) is 29.8 Å². The fourth-order valence-electron chi connectivity index (χ4n) is 1.47. The van der Waals surface area contributed by atoms with Gasteiger partial charge in [-0.25, -0.2) is 4.79 Å². The van der Waals surface area contributed by atoms with Crippen LogP contribution in [-0.4, -0.2) is 19.3 Å². The minimum Gasteiger partial charge on any atom is -0.493 e. The molecule has 4 nitrogen and oxygen atoms in total. The molecule has 4 heteroatoms. The van der Waals surface area contributed by atoms with Crippen molar-refractivity contribution in [1.82, 2.24) is 0 Å². The number of carbonyl (C=O) groups excluding carboxylic acids is 1. The van der Waals surface area contributed by atoms with Crippen molar-refractivity contribution < 1.29 is 14.3 Å². The van der Waals surface area contributed by atoms with Gasteiger partial charge in [0.1, 0.15) is 5.75 Å². The predicted octanol–water partition coefficient (Wildman–Crippen LogP) is 2.85. The lowest BCUT2D eigenvalue weighted by molar-refractivity contribution is 0.147. The quantitative estimate of drug-likeness (QED) is 0.818. The second-order valence-electron chi connectivity index (χ2n) is 5.15. The fraction of sp³-hybridized carbons (Fsp3) is 0.500. The van der Waals surface area contributed by atoms with E-state index < -0.39 is 6.09 Å². The van der Waals surface area contributed by atoms with Crippen LogP contribution in [0.5, 0.6) is 5.75 Å². The molecular weight excluding hydrogens is 230 g/mol. The molecule has 0 saturated carbocycles. The SMILES string of the molecule is CC(C)(C)c1cccc(OCCCOC(N)=O)c1. The van der Waals surface area contributed by atoms with E-state index in [0.717, 1.165) is 5.75 Å². The summed E-state index contributed by atoms with van der Waals surface area (Å²) in [6.45, 7) is 7.27. The van der Waals surface area contributed by atoms with Crippen molar-refractivity contribution in [3.63, 3.8) is 0 Å². The first-order valence-corrected chi connectivity index (χ1v) is 6.05. The number of hydrogen-bond donors (Lipinski definition) is 1.